The standard InChI is InChI=1S/C21H30N4O3/c1-3-24(17-8-6-7-16(2)15-17)14-12-22-18(26)9-13-25-19(27)21(23-20(25)28)10-4-5-11-21/h6-8,15H,3-5,9-14H2,1-2H3,(H,22,26)(H,23,28). The topological polar surface area (TPSA) is 81.8 Å². The number of rotatable bonds is 8. The van der Waals surface area contributed by atoms with E-state index in [-0.39, 0.29) is 30.8 Å². The zero-order valence-corrected chi connectivity index (χ0v) is 16.8. The van der Waals surface area contributed by atoms with Gasteiger partial charge in [-0.3, -0.25) is 14.5 Å². The predicted octanol–water partition coefficient (Wildman–Crippen LogP) is 2.19. The maximum Gasteiger partial charge on any atom is 0.325 e. The molecule has 1 spiro atoms. The Morgan fingerprint density at radius 2 is 2.04 bits per heavy atom. The van der Waals surface area contributed by atoms with Gasteiger partial charge >= 0.3 is 6.03 Å². The lowest BCUT2D eigenvalue weighted by molar-refractivity contribution is -0.131. The van der Waals surface area contributed by atoms with E-state index in [0.717, 1.165) is 25.1 Å². The molecule has 1 aromatic rings. The van der Waals surface area contributed by atoms with Crippen LogP contribution in [0.5, 0.6) is 0 Å². The van der Waals surface area contributed by atoms with Crippen LogP contribution in [-0.2, 0) is 9.59 Å². The van der Waals surface area contributed by atoms with Crippen molar-refractivity contribution in [3.63, 3.8) is 0 Å². The normalized spacial score (nSPS) is 17.9. The second-order valence-electron chi connectivity index (χ2n) is 7.69. The first-order chi connectivity index (χ1) is 13.4. The van der Waals surface area contributed by atoms with Crippen molar-refractivity contribution >= 4 is 23.5 Å². The number of likely N-dealkylation sites (N-methyl/N-ethyl adjacent to an activating group) is 1. The first-order valence-electron chi connectivity index (χ1n) is 10.2. The van der Waals surface area contributed by atoms with Crippen LogP contribution in [0.4, 0.5) is 10.5 Å². The third-order valence-corrected chi connectivity index (χ3v) is 5.72. The second kappa shape index (κ2) is 8.63. The fourth-order valence-corrected chi connectivity index (χ4v) is 4.12. The van der Waals surface area contributed by atoms with Crippen molar-refractivity contribution in [3.8, 4) is 0 Å². The summed E-state index contributed by atoms with van der Waals surface area (Å²) in [5.41, 5.74) is 1.63. The van der Waals surface area contributed by atoms with Gasteiger partial charge in [-0.05, 0) is 44.4 Å². The van der Waals surface area contributed by atoms with E-state index in [4.69, 9.17) is 0 Å². The Bertz CT molecular complexity index is 743. The van der Waals surface area contributed by atoms with E-state index in [9.17, 15) is 14.4 Å². The Morgan fingerprint density at radius 1 is 1.29 bits per heavy atom. The molecule has 1 aliphatic carbocycles. The van der Waals surface area contributed by atoms with Crippen LogP contribution in [0.2, 0.25) is 0 Å². The third-order valence-electron chi connectivity index (χ3n) is 5.72. The molecule has 2 aliphatic rings. The number of imide groups is 1. The molecule has 28 heavy (non-hydrogen) atoms. The summed E-state index contributed by atoms with van der Waals surface area (Å²) in [6, 6.07) is 7.92. The fourth-order valence-electron chi connectivity index (χ4n) is 4.12. The molecular weight excluding hydrogens is 356 g/mol. The van der Waals surface area contributed by atoms with Crippen LogP contribution in [0.3, 0.4) is 0 Å². The molecule has 2 fully saturated rings. The van der Waals surface area contributed by atoms with Crippen molar-refractivity contribution in [3.05, 3.63) is 29.8 Å². The minimum absolute atomic E-state index is 0.131. The molecule has 3 rings (SSSR count). The molecule has 2 N–H and O–H groups in total. The number of carbonyl (C=O) groups excluding carboxylic acids is 3. The first kappa shape index (κ1) is 20.2. The Balaban J connectivity index is 1.43. The van der Waals surface area contributed by atoms with Gasteiger partial charge in [-0.15, -0.1) is 0 Å². The lowest BCUT2D eigenvalue weighted by Crippen LogP contribution is -2.44. The molecule has 1 heterocycles. The Morgan fingerprint density at radius 3 is 2.71 bits per heavy atom. The summed E-state index contributed by atoms with van der Waals surface area (Å²) in [4.78, 5) is 40.3. The maximum absolute atomic E-state index is 12.6. The fraction of sp³-hybridized carbons (Fsp3) is 0.571. The number of carbonyl (C=O) groups is 3. The van der Waals surface area contributed by atoms with Crippen LogP contribution in [0.15, 0.2) is 24.3 Å². The first-order valence-corrected chi connectivity index (χ1v) is 10.2. The molecule has 0 unspecified atom stereocenters. The van der Waals surface area contributed by atoms with E-state index in [1.807, 2.05) is 6.07 Å². The molecule has 1 aromatic carbocycles. The van der Waals surface area contributed by atoms with Gasteiger partial charge in [0.15, 0.2) is 0 Å². The van der Waals surface area contributed by atoms with Crippen LogP contribution < -0.4 is 15.5 Å². The lowest BCUT2D eigenvalue weighted by atomic mass is 9.98. The summed E-state index contributed by atoms with van der Waals surface area (Å²) < 4.78 is 0. The molecule has 0 atom stereocenters. The predicted molar refractivity (Wildman–Crippen MR) is 108 cm³/mol. The zero-order chi connectivity index (χ0) is 20.1. The summed E-state index contributed by atoms with van der Waals surface area (Å²) in [7, 11) is 0. The van der Waals surface area contributed by atoms with E-state index in [2.05, 4.69) is 47.6 Å². The number of benzene rings is 1. The van der Waals surface area contributed by atoms with E-state index in [1.165, 1.54) is 10.5 Å². The number of amides is 4. The quantitative estimate of drug-likeness (QED) is 0.671. The molecule has 4 amide bonds. The summed E-state index contributed by atoms with van der Waals surface area (Å²) in [6.07, 6.45) is 3.44. The molecule has 7 nitrogen and oxygen atoms in total. The van der Waals surface area contributed by atoms with Gasteiger partial charge < -0.3 is 15.5 Å². The van der Waals surface area contributed by atoms with Gasteiger partial charge in [0.1, 0.15) is 5.54 Å². The average Bonchev–Trinajstić information content (AvgIpc) is 3.23. The van der Waals surface area contributed by atoms with Gasteiger partial charge in [-0.2, -0.15) is 0 Å². The van der Waals surface area contributed by atoms with E-state index in [0.29, 0.717) is 25.9 Å². The Hall–Kier alpha value is -2.57. The van der Waals surface area contributed by atoms with Gasteiger partial charge in [-0.1, -0.05) is 25.0 Å². The van der Waals surface area contributed by atoms with Crippen molar-refractivity contribution in [1.29, 1.82) is 0 Å². The average molecular weight is 386 g/mol. The van der Waals surface area contributed by atoms with Crippen molar-refractivity contribution < 1.29 is 14.4 Å². The van der Waals surface area contributed by atoms with Crippen molar-refractivity contribution in [2.45, 2.75) is 51.5 Å². The lowest BCUT2D eigenvalue weighted by Gasteiger charge is -2.23. The van der Waals surface area contributed by atoms with Crippen molar-refractivity contribution in [1.82, 2.24) is 15.5 Å². The monoisotopic (exact) mass is 386 g/mol. The summed E-state index contributed by atoms with van der Waals surface area (Å²) >= 11 is 0. The van der Waals surface area contributed by atoms with Gasteiger partial charge in [0.2, 0.25) is 5.91 Å². The minimum Gasteiger partial charge on any atom is -0.370 e. The highest BCUT2D eigenvalue weighted by atomic mass is 16.2. The molecule has 152 valence electrons. The maximum atomic E-state index is 12.6. The molecule has 1 aliphatic heterocycles. The summed E-state index contributed by atoms with van der Waals surface area (Å²) in [5, 5.41) is 5.74. The molecule has 1 saturated carbocycles. The number of nitrogens with zero attached hydrogens (tertiary/aromatic N) is 2. The van der Waals surface area contributed by atoms with E-state index >= 15 is 0 Å². The smallest absolute Gasteiger partial charge is 0.325 e. The number of hydrogen-bond acceptors (Lipinski definition) is 4. The van der Waals surface area contributed by atoms with Crippen LogP contribution in [0.25, 0.3) is 0 Å². The summed E-state index contributed by atoms with van der Waals surface area (Å²) in [5.74, 6) is -0.312. The van der Waals surface area contributed by atoms with Gasteiger partial charge in [0, 0.05) is 38.3 Å². The summed E-state index contributed by atoms with van der Waals surface area (Å²) in [6.45, 7) is 6.35. The van der Waals surface area contributed by atoms with Crippen LogP contribution in [0, 0.1) is 6.92 Å². The third kappa shape index (κ3) is 4.29. The van der Waals surface area contributed by atoms with Crippen LogP contribution in [-0.4, -0.2) is 54.5 Å². The zero-order valence-electron chi connectivity index (χ0n) is 16.8. The Kier molecular flexibility index (Phi) is 6.21. The molecule has 0 bridgehead atoms. The molecule has 7 heteroatoms. The molecule has 0 radical (unpaired) electrons. The van der Waals surface area contributed by atoms with Crippen molar-refractivity contribution in [2.75, 3.05) is 31.1 Å². The van der Waals surface area contributed by atoms with E-state index < -0.39 is 5.54 Å². The van der Waals surface area contributed by atoms with E-state index in [1.54, 1.807) is 0 Å². The molecular formula is C21H30N4O3. The van der Waals surface area contributed by atoms with Crippen LogP contribution in [0.1, 0.15) is 44.6 Å². The highest BCUT2D eigenvalue weighted by molar-refractivity contribution is 6.07. The second-order valence-corrected chi connectivity index (χ2v) is 7.69. The van der Waals surface area contributed by atoms with Crippen molar-refractivity contribution in [2.24, 2.45) is 0 Å². The number of urea groups is 1. The Labute approximate surface area is 166 Å². The highest BCUT2D eigenvalue weighted by Crippen LogP contribution is 2.34. The minimum atomic E-state index is -0.705. The number of aryl methyl sites for hydroxylation is 1. The highest BCUT2D eigenvalue weighted by Gasteiger charge is 2.52. The number of anilines is 1. The largest absolute Gasteiger partial charge is 0.370 e. The molecule has 0 aromatic heterocycles. The van der Waals surface area contributed by atoms with Crippen LogP contribution >= 0.6 is 0 Å². The number of nitrogens with one attached hydrogen (secondary N) is 2. The molecule has 1 saturated heterocycles. The van der Waals surface area contributed by atoms with Gasteiger partial charge in [-0.25, -0.2) is 4.79 Å². The SMILES string of the molecule is CCN(CCNC(=O)CCN1C(=O)NC2(CCCC2)C1=O)c1cccc(C)c1. The van der Waals surface area contributed by atoms with Gasteiger partial charge in [0.25, 0.3) is 5.91 Å². The van der Waals surface area contributed by atoms with Gasteiger partial charge in [0.05, 0.1) is 0 Å². The number of hydrogen-bond donors (Lipinski definition) is 2.